The van der Waals surface area contributed by atoms with Crippen LogP contribution in [0.5, 0.6) is 0 Å². The van der Waals surface area contributed by atoms with E-state index in [4.69, 9.17) is 0 Å². The highest BCUT2D eigenvalue weighted by Gasteiger charge is 2.12. The van der Waals surface area contributed by atoms with Crippen molar-refractivity contribution in [2.24, 2.45) is 5.92 Å². The molecule has 86 valence electrons. The number of rotatable bonds is 5. The van der Waals surface area contributed by atoms with Gasteiger partial charge in [0.25, 0.3) is 0 Å². The standard InChI is InChI=1S/C12H20BrNS/c1-8(2)7-9(3)14-10(4)11-5-6-12(13)15-11/h5-6,8-10,14H,7H2,1-4H3. The van der Waals surface area contributed by atoms with Gasteiger partial charge in [-0.15, -0.1) is 11.3 Å². The van der Waals surface area contributed by atoms with Gasteiger partial charge in [0.1, 0.15) is 0 Å². The SMILES string of the molecule is CC(C)CC(C)NC(C)c1ccc(Br)s1. The van der Waals surface area contributed by atoms with Crippen molar-refractivity contribution in [3.63, 3.8) is 0 Å². The maximum atomic E-state index is 3.63. The van der Waals surface area contributed by atoms with Crippen molar-refractivity contribution in [2.45, 2.75) is 46.2 Å². The summed E-state index contributed by atoms with van der Waals surface area (Å²) in [6.07, 6.45) is 1.23. The van der Waals surface area contributed by atoms with E-state index in [9.17, 15) is 0 Å². The molecular weight excluding hydrogens is 270 g/mol. The fourth-order valence-corrected chi connectivity index (χ4v) is 3.28. The van der Waals surface area contributed by atoms with Crippen molar-refractivity contribution in [3.05, 3.63) is 20.8 Å². The molecule has 0 radical (unpaired) electrons. The Kier molecular flexibility index (Phi) is 5.30. The minimum absolute atomic E-state index is 0.454. The van der Waals surface area contributed by atoms with Gasteiger partial charge in [0, 0.05) is 17.0 Å². The van der Waals surface area contributed by atoms with E-state index in [1.54, 1.807) is 0 Å². The smallest absolute Gasteiger partial charge is 0.0701 e. The Balaban J connectivity index is 2.45. The summed E-state index contributed by atoms with van der Waals surface area (Å²) < 4.78 is 1.21. The van der Waals surface area contributed by atoms with Crippen LogP contribution in [0.25, 0.3) is 0 Å². The van der Waals surface area contributed by atoms with Crippen LogP contribution in [0.2, 0.25) is 0 Å². The molecule has 0 aliphatic heterocycles. The number of nitrogens with one attached hydrogen (secondary N) is 1. The average molecular weight is 290 g/mol. The molecule has 0 spiro atoms. The number of halogens is 1. The van der Waals surface area contributed by atoms with E-state index in [1.807, 2.05) is 11.3 Å². The highest BCUT2D eigenvalue weighted by Crippen LogP contribution is 2.27. The molecule has 0 amide bonds. The van der Waals surface area contributed by atoms with E-state index in [-0.39, 0.29) is 0 Å². The molecular formula is C12H20BrNS. The van der Waals surface area contributed by atoms with Crippen molar-refractivity contribution >= 4 is 27.3 Å². The van der Waals surface area contributed by atoms with Crippen molar-refractivity contribution < 1.29 is 0 Å². The van der Waals surface area contributed by atoms with E-state index < -0.39 is 0 Å². The van der Waals surface area contributed by atoms with E-state index in [2.05, 4.69) is 61.1 Å². The average Bonchev–Trinajstić information content (AvgIpc) is 2.49. The predicted octanol–water partition coefficient (Wildman–Crippen LogP) is 4.60. The van der Waals surface area contributed by atoms with Crippen LogP contribution < -0.4 is 5.32 Å². The topological polar surface area (TPSA) is 12.0 Å². The lowest BCUT2D eigenvalue weighted by atomic mass is 10.0. The number of thiophene rings is 1. The molecule has 0 aromatic carbocycles. The van der Waals surface area contributed by atoms with Gasteiger partial charge in [-0.3, -0.25) is 0 Å². The molecule has 1 aromatic heterocycles. The van der Waals surface area contributed by atoms with Gasteiger partial charge in [0.15, 0.2) is 0 Å². The zero-order valence-corrected chi connectivity index (χ0v) is 12.3. The van der Waals surface area contributed by atoms with Crippen molar-refractivity contribution in [1.29, 1.82) is 0 Å². The molecule has 0 saturated carbocycles. The van der Waals surface area contributed by atoms with Gasteiger partial charge >= 0.3 is 0 Å². The summed E-state index contributed by atoms with van der Waals surface area (Å²) in [5.41, 5.74) is 0. The molecule has 2 atom stereocenters. The first kappa shape index (κ1) is 13.2. The van der Waals surface area contributed by atoms with Crippen molar-refractivity contribution in [3.8, 4) is 0 Å². The molecule has 1 rings (SSSR count). The summed E-state index contributed by atoms with van der Waals surface area (Å²) in [5.74, 6) is 0.759. The van der Waals surface area contributed by atoms with Crippen LogP contribution in [0.15, 0.2) is 15.9 Å². The fraction of sp³-hybridized carbons (Fsp3) is 0.667. The van der Waals surface area contributed by atoms with E-state index in [0.29, 0.717) is 12.1 Å². The van der Waals surface area contributed by atoms with Crippen LogP contribution in [-0.4, -0.2) is 6.04 Å². The summed E-state index contributed by atoms with van der Waals surface area (Å²) in [4.78, 5) is 1.40. The predicted molar refractivity (Wildman–Crippen MR) is 72.5 cm³/mol. The summed E-state index contributed by atoms with van der Waals surface area (Å²) in [6.45, 7) is 9.03. The Bertz CT molecular complexity index is 296. The monoisotopic (exact) mass is 289 g/mol. The van der Waals surface area contributed by atoms with Gasteiger partial charge in [-0.1, -0.05) is 13.8 Å². The summed E-state index contributed by atoms with van der Waals surface area (Å²) in [6, 6.07) is 5.34. The number of hydrogen-bond acceptors (Lipinski definition) is 2. The van der Waals surface area contributed by atoms with Gasteiger partial charge in [-0.05, 0) is 54.2 Å². The fourth-order valence-electron chi connectivity index (χ4n) is 1.85. The Morgan fingerprint density at radius 2 is 1.93 bits per heavy atom. The normalized spacial score (nSPS) is 15.6. The third-order valence-electron chi connectivity index (χ3n) is 2.38. The number of hydrogen-bond donors (Lipinski definition) is 1. The van der Waals surface area contributed by atoms with E-state index in [1.165, 1.54) is 15.1 Å². The molecule has 0 fully saturated rings. The summed E-state index contributed by atoms with van der Waals surface area (Å²) in [7, 11) is 0. The van der Waals surface area contributed by atoms with Gasteiger partial charge in [-0.2, -0.15) is 0 Å². The Morgan fingerprint density at radius 1 is 1.27 bits per heavy atom. The first-order valence-electron chi connectivity index (χ1n) is 5.50. The zero-order valence-electron chi connectivity index (χ0n) is 9.88. The first-order chi connectivity index (χ1) is 6.99. The Labute approximate surface area is 105 Å². The van der Waals surface area contributed by atoms with Crippen molar-refractivity contribution in [1.82, 2.24) is 5.32 Å². The quantitative estimate of drug-likeness (QED) is 0.836. The largest absolute Gasteiger partial charge is 0.307 e. The van der Waals surface area contributed by atoms with Crippen LogP contribution in [-0.2, 0) is 0 Å². The van der Waals surface area contributed by atoms with Gasteiger partial charge in [0.05, 0.1) is 3.79 Å². The van der Waals surface area contributed by atoms with Crippen LogP contribution in [0, 0.1) is 5.92 Å². The molecule has 1 N–H and O–H groups in total. The minimum atomic E-state index is 0.454. The van der Waals surface area contributed by atoms with Crippen LogP contribution in [0.1, 0.15) is 45.0 Å². The summed E-state index contributed by atoms with van der Waals surface area (Å²) in [5, 5.41) is 3.63. The Morgan fingerprint density at radius 3 is 2.40 bits per heavy atom. The van der Waals surface area contributed by atoms with Gasteiger partial charge in [-0.25, -0.2) is 0 Å². The van der Waals surface area contributed by atoms with Gasteiger partial charge in [0.2, 0.25) is 0 Å². The highest BCUT2D eigenvalue weighted by atomic mass is 79.9. The van der Waals surface area contributed by atoms with Crippen LogP contribution >= 0.6 is 27.3 Å². The maximum Gasteiger partial charge on any atom is 0.0701 e. The molecule has 1 heterocycles. The lowest BCUT2D eigenvalue weighted by molar-refractivity contribution is 0.409. The molecule has 0 bridgehead atoms. The zero-order chi connectivity index (χ0) is 11.4. The second-order valence-corrected chi connectivity index (χ2v) is 7.06. The van der Waals surface area contributed by atoms with Crippen LogP contribution in [0.3, 0.4) is 0 Å². The minimum Gasteiger partial charge on any atom is -0.307 e. The molecule has 1 nitrogen and oxygen atoms in total. The van der Waals surface area contributed by atoms with Crippen LogP contribution in [0.4, 0.5) is 0 Å². The third kappa shape index (κ3) is 4.66. The first-order valence-corrected chi connectivity index (χ1v) is 7.11. The molecule has 0 aliphatic rings. The second-order valence-electron chi connectivity index (χ2n) is 4.56. The lowest BCUT2D eigenvalue weighted by Gasteiger charge is -2.20. The summed E-state index contributed by atoms with van der Waals surface area (Å²) >= 11 is 5.31. The molecule has 0 saturated heterocycles. The van der Waals surface area contributed by atoms with E-state index in [0.717, 1.165) is 5.92 Å². The molecule has 3 heteroatoms. The van der Waals surface area contributed by atoms with Gasteiger partial charge < -0.3 is 5.32 Å². The molecule has 2 unspecified atom stereocenters. The third-order valence-corrected chi connectivity index (χ3v) is 4.19. The Hall–Kier alpha value is 0.140. The second kappa shape index (κ2) is 6.02. The molecule has 0 aliphatic carbocycles. The van der Waals surface area contributed by atoms with E-state index >= 15 is 0 Å². The molecule has 15 heavy (non-hydrogen) atoms. The highest BCUT2D eigenvalue weighted by molar-refractivity contribution is 9.11. The lowest BCUT2D eigenvalue weighted by Crippen LogP contribution is -2.29. The molecule has 1 aromatic rings. The van der Waals surface area contributed by atoms with Crippen molar-refractivity contribution in [2.75, 3.05) is 0 Å². The maximum absolute atomic E-state index is 3.63.